The van der Waals surface area contributed by atoms with Crippen LogP contribution in [0.5, 0.6) is 0 Å². The van der Waals surface area contributed by atoms with Gasteiger partial charge in [-0.1, -0.05) is 6.07 Å². The van der Waals surface area contributed by atoms with Crippen LogP contribution in [0.2, 0.25) is 0 Å². The third-order valence-electron chi connectivity index (χ3n) is 1.49. The zero-order valence-corrected chi connectivity index (χ0v) is 7.18. The average molecular weight is 206 g/mol. The van der Waals surface area contributed by atoms with Gasteiger partial charge in [-0.2, -0.15) is 0 Å². The van der Waals surface area contributed by atoms with Crippen molar-refractivity contribution in [1.29, 1.82) is 0 Å². The Kier molecular flexibility index (Phi) is 2.83. The van der Waals surface area contributed by atoms with Crippen molar-refractivity contribution in [2.45, 2.75) is 5.38 Å². The number of carbonyl (C=O) groups excluding carboxylic acids is 1. The second kappa shape index (κ2) is 3.70. The van der Waals surface area contributed by atoms with Crippen LogP contribution in [0.25, 0.3) is 0 Å². The van der Waals surface area contributed by atoms with Gasteiger partial charge in [-0.15, -0.1) is 11.6 Å². The maximum Gasteiger partial charge on any atom is 0.240 e. The number of primary amides is 1. The first-order valence-corrected chi connectivity index (χ1v) is 3.84. The summed E-state index contributed by atoms with van der Waals surface area (Å²) in [6, 6.07) is 2.75. The first kappa shape index (κ1) is 9.92. The van der Waals surface area contributed by atoms with Crippen LogP contribution >= 0.6 is 11.6 Å². The number of nitrogens with two attached hydrogens (primary N) is 1. The van der Waals surface area contributed by atoms with E-state index in [-0.39, 0.29) is 5.56 Å². The Labute approximate surface area is 78.3 Å². The molecular weight excluding hydrogens is 200 g/mol. The lowest BCUT2D eigenvalue weighted by atomic mass is 10.1. The van der Waals surface area contributed by atoms with Crippen LogP contribution in [0.4, 0.5) is 8.78 Å². The Morgan fingerprint density at radius 3 is 2.54 bits per heavy atom. The van der Waals surface area contributed by atoms with Gasteiger partial charge in [0.1, 0.15) is 17.0 Å². The molecule has 0 aromatic heterocycles. The Balaban J connectivity index is 3.08. The van der Waals surface area contributed by atoms with Gasteiger partial charge in [0, 0.05) is 11.6 Å². The van der Waals surface area contributed by atoms with Gasteiger partial charge in [0.15, 0.2) is 0 Å². The number of hydrogen-bond acceptors (Lipinski definition) is 1. The molecule has 1 unspecified atom stereocenters. The lowest BCUT2D eigenvalue weighted by Crippen LogP contribution is -2.18. The summed E-state index contributed by atoms with van der Waals surface area (Å²) in [4.78, 5) is 10.6. The van der Waals surface area contributed by atoms with Crippen molar-refractivity contribution in [3.05, 3.63) is 35.4 Å². The summed E-state index contributed by atoms with van der Waals surface area (Å²) in [5.74, 6) is -2.47. The maximum absolute atomic E-state index is 12.9. The van der Waals surface area contributed by atoms with E-state index in [0.29, 0.717) is 6.07 Å². The van der Waals surface area contributed by atoms with Gasteiger partial charge in [0.25, 0.3) is 0 Å². The number of alkyl halides is 1. The zero-order valence-electron chi connectivity index (χ0n) is 6.43. The molecule has 0 aliphatic rings. The molecule has 0 bridgehead atoms. The topological polar surface area (TPSA) is 43.1 Å². The highest BCUT2D eigenvalue weighted by Gasteiger charge is 2.18. The average Bonchev–Trinajstić information content (AvgIpc) is 2.03. The highest BCUT2D eigenvalue weighted by Crippen LogP contribution is 2.23. The van der Waals surface area contributed by atoms with Crippen LogP contribution < -0.4 is 5.73 Å². The van der Waals surface area contributed by atoms with E-state index in [4.69, 9.17) is 17.3 Å². The SMILES string of the molecule is NC(=O)C(Cl)c1ccc(F)cc1F. The molecule has 0 saturated carbocycles. The minimum absolute atomic E-state index is 0.115. The molecule has 2 nitrogen and oxygen atoms in total. The van der Waals surface area contributed by atoms with E-state index in [1.165, 1.54) is 0 Å². The number of hydrogen-bond donors (Lipinski definition) is 1. The van der Waals surface area contributed by atoms with Crippen molar-refractivity contribution >= 4 is 17.5 Å². The quantitative estimate of drug-likeness (QED) is 0.735. The third kappa shape index (κ3) is 2.15. The van der Waals surface area contributed by atoms with Gasteiger partial charge in [0.2, 0.25) is 5.91 Å². The van der Waals surface area contributed by atoms with Crippen molar-refractivity contribution in [2.75, 3.05) is 0 Å². The molecule has 0 spiro atoms. The van der Waals surface area contributed by atoms with Crippen molar-refractivity contribution in [2.24, 2.45) is 5.73 Å². The summed E-state index contributed by atoms with van der Waals surface area (Å²) in [5.41, 5.74) is 4.73. The molecule has 1 aromatic rings. The van der Waals surface area contributed by atoms with E-state index in [9.17, 15) is 13.6 Å². The number of amides is 1. The van der Waals surface area contributed by atoms with E-state index in [2.05, 4.69) is 0 Å². The first-order valence-electron chi connectivity index (χ1n) is 3.40. The second-order valence-electron chi connectivity index (χ2n) is 2.43. The first-order chi connectivity index (χ1) is 6.02. The van der Waals surface area contributed by atoms with E-state index in [0.717, 1.165) is 12.1 Å². The molecule has 70 valence electrons. The molecular formula is C8H6ClF2NO. The summed E-state index contributed by atoms with van der Waals surface area (Å²) < 4.78 is 25.3. The van der Waals surface area contributed by atoms with Gasteiger partial charge < -0.3 is 5.73 Å². The molecule has 1 atom stereocenters. The summed E-state index contributed by atoms with van der Waals surface area (Å²) in [7, 11) is 0. The van der Waals surface area contributed by atoms with Crippen LogP contribution in [-0.4, -0.2) is 5.91 Å². The van der Waals surface area contributed by atoms with E-state index in [1.54, 1.807) is 0 Å². The Morgan fingerprint density at radius 2 is 2.08 bits per heavy atom. The number of carbonyl (C=O) groups is 1. The Morgan fingerprint density at radius 1 is 1.46 bits per heavy atom. The smallest absolute Gasteiger partial charge is 0.240 e. The lowest BCUT2D eigenvalue weighted by Gasteiger charge is -2.06. The summed E-state index contributed by atoms with van der Waals surface area (Å²) >= 11 is 5.46. The lowest BCUT2D eigenvalue weighted by molar-refractivity contribution is -0.117. The molecule has 1 rings (SSSR count). The van der Waals surface area contributed by atoms with Crippen molar-refractivity contribution in [1.82, 2.24) is 0 Å². The monoisotopic (exact) mass is 205 g/mol. The van der Waals surface area contributed by atoms with E-state index < -0.39 is 22.9 Å². The summed E-state index contributed by atoms with van der Waals surface area (Å²) in [6.45, 7) is 0. The molecule has 13 heavy (non-hydrogen) atoms. The fourth-order valence-electron chi connectivity index (χ4n) is 0.860. The zero-order chi connectivity index (χ0) is 10.0. The summed E-state index contributed by atoms with van der Waals surface area (Å²) in [5, 5.41) is -1.26. The largest absolute Gasteiger partial charge is 0.368 e. The van der Waals surface area contributed by atoms with Crippen LogP contribution in [0.1, 0.15) is 10.9 Å². The molecule has 0 radical (unpaired) electrons. The van der Waals surface area contributed by atoms with Crippen molar-refractivity contribution in [3.8, 4) is 0 Å². The minimum Gasteiger partial charge on any atom is -0.368 e. The van der Waals surface area contributed by atoms with Crippen LogP contribution in [0, 0.1) is 11.6 Å². The Bertz CT molecular complexity index is 343. The molecule has 1 aromatic carbocycles. The molecule has 0 aliphatic heterocycles. The number of halogens is 3. The van der Waals surface area contributed by atoms with Gasteiger partial charge >= 0.3 is 0 Å². The molecule has 0 aliphatic carbocycles. The fraction of sp³-hybridized carbons (Fsp3) is 0.125. The molecule has 2 N–H and O–H groups in total. The number of rotatable bonds is 2. The molecule has 5 heteroatoms. The van der Waals surface area contributed by atoms with E-state index in [1.807, 2.05) is 0 Å². The fourth-order valence-corrected chi connectivity index (χ4v) is 1.04. The van der Waals surface area contributed by atoms with Gasteiger partial charge in [-0.3, -0.25) is 4.79 Å². The highest BCUT2D eigenvalue weighted by atomic mass is 35.5. The van der Waals surface area contributed by atoms with Crippen LogP contribution in [-0.2, 0) is 4.79 Å². The summed E-state index contributed by atoms with van der Waals surface area (Å²) in [6.07, 6.45) is 0. The van der Waals surface area contributed by atoms with Gasteiger partial charge in [0.05, 0.1) is 0 Å². The highest BCUT2D eigenvalue weighted by molar-refractivity contribution is 6.30. The van der Waals surface area contributed by atoms with Gasteiger partial charge in [-0.25, -0.2) is 8.78 Å². The van der Waals surface area contributed by atoms with Gasteiger partial charge in [-0.05, 0) is 6.07 Å². The molecule has 0 heterocycles. The molecule has 1 amide bonds. The normalized spacial score (nSPS) is 12.5. The van der Waals surface area contributed by atoms with Crippen molar-refractivity contribution in [3.63, 3.8) is 0 Å². The molecule has 0 fully saturated rings. The van der Waals surface area contributed by atoms with Crippen LogP contribution in [0.3, 0.4) is 0 Å². The minimum atomic E-state index is -1.26. The predicted molar refractivity (Wildman–Crippen MR) is 44.1 cm³/mol. The standard InChI is InChI=1S/C8H6ClF2NO/c9-7(8(12)13)5-2-1-4(10)3-6(5)11/h1-3,7H,(H2,12,13). The van der Waals surface area contributed by atoms with E-state index >= 15 is 0 Å². The predicted octanol–water partition coefficient (Wildman–Crippen LogP) is 1.73. The maximum atomic E-state index is 12.9. The number of benzene rings is 1. The Hall–Kier alpha value is -1.16. The molecule has 0 saturated heterocycles. The second-order valence-corrected chi connectivity index (χ2v) is 2.87. The third-order valence-corrected chi connectivity index (χ3v) is 1.94. The van der Waals surface area contributed by atoms with Crippen molar-refractivity contribution < 1.29 is 13.6 Å². The van der Waals surface area contributed by atoms with Crippen LogP contribution in [0.15, 0.2) is 18.2 Å².